The van der Waals surface area contributed by atoms with Gasteiger partial charge in [-0.05, 0) is 59.9 Å². The van der Waals surface area contributed by atoms with E-state index in [-0.39, 0.29) is 11.5 Å². The minimum absolute atomic E-state index is 0.00887. The van der Waals surface area contributed by atoms with Gasteiger partial charge in [-0.25, -0.2) is 4.79 Å². The van der Waals surface area contributed by atoms with Crippen molar-refractivity contribution in [3.8, 4) is 11.5 Å². The summed E-state index contributed by atoms with van der Waals surface area (Å²) in [4.78, 5) is 10.8. The Kier molecular flexibility index (Phi) is 8.60. The topological polar surface area (TPSA) is 66.8 Å². The van der Waals surface area contributed by atoms with E-state index in [9.17, 15) is 9.90 Å². The first-order chi connectivity index (χ1) is 10.5. The van der Waals surface area contributed by atoms with Crippen LogP contribution in [0.4, 0.5) is 4.79 Å². The van der Waals surface area contributed by atoms with Crippen LogP contribution < -0.4 is 4.74 Å². The van der Waals surface area contributed by atoms with Gasteiger partial charge in [0.25, 0.3) is 0 Å². The average Bonchev–Trinajstić information content (AvgIpc) is 2.46. The number of phenolic OH excluding ortho intramolecular Hbond substituents is 1. The first kappa shape index (κ1) is 19.1. The number of aromatic hydroxyl groups is 1. The molecular weight excluding hydrogens is 395 g/mol. The second-order valence-corrected chi connectivity index (χ2v) is 6.61. The van der Waals surface area contributed by atoms with E-state index in [4.69, 9.17) is 9.84 Å². The van der Waals surface area contributed by atoms with Gasteiger partial charge in [-0.3, -0.25) is 0 Å². The van der Waals surface area contributed by atoms with E-state index in [2.05, 4.69) is 36.4 Å². The van der Waals surface area contributed by atoms with Gasteiger partial charge in [-0.15, -0.1) is 0 Å². The summed E-state index contributed by atoms with van der Waals surface area (Å²) in [6.07, 6.45) is 6.82. The Morgan fingerprint density at radius 3 is 2.14 bits per heavy atom. The number of benzene rings is 1. The molecule has 0 radical (unpaired) electrons. The minimum atomic E-state index is -1.40. The standard InChI is InChI=1S/C17H25IO4/c1-3-5-7-9-12-13(10-8-6-4-2)16(19)15(11-14(12)18)22-17(20)21/h11,19H,3-10H2,1-2H3,(H,20,21). The summed E-state index contributed by atoms with van der Waals surface area (Å²) < 4.78 is 5.68. The van der Waals surface area contributed by atoms with Crippen LogP contribution in [0.3, 0.4) is 0 Å². The summed E-state index contributed by atoms with van der Waals surface area (Å²) in [6, 6.07) is 1.62. The highest BCUT2D eigenvalue weighted by molar-refractivity contribution is 14.1. The summed E-state index contributed by atoms with van der Waals surface area (Å²) in [5.41, 5.74) is 1.99. The predicted octanol–water partition coefficient (Wildman–Crippen LogP) is 5.52. The van der Waals surface area contributed by atoms with E-state index in [1.807, 2.05) is 0 Å². The van der Waals surface area contributed by atoms with Crippen molar-refractivity contribution >= 4 is 28.7 Å². The summed E-state index contributed by atoms with van der Waals surface area (Å²) in [5.74, 6) is 0.0352. The number of phenols is 1. The van der Waals surface area contributed by atoms with Gasteiger partial charge in [0, 0.05) is 9.13 Å². The molecule has 22 heavy (non-hydrogen) atoms. The number of carbonyl (C=O) groups is 1. The highest BCUT2D eigenvalue weighted by Gasteiger charge is 2.18. The Labute approximate surface area is 146 Å². The van der Waals surface area contributed by atoms with Gasteiger partial charge >= 0.3 is 6.16 Å². The summed E-state index contributed by atoms with van der Waals surface area (Å²) >= 11 is 2.20. The van der Waals surface area contributed by atoms with Crippen molar-refractivity contribution in [2.75, 3.05) is 0 Å². The molecule has 0 heterocycles. The van der Waals surface area contributed by atoms with Crippen molar-refractivity contribution in [1.29, 1.82) is 0 Å². The molecule has 0 unspecified atom stereocenters. The molecular formula is C17H25IO4. The molecule has 0 aliphatic carbocycles. The summed E-state index contributed by atoms with van der Waals surface area (Å²) in [5, 5.41) is 19.2. The van der Waals surface area contributed by atoms with Gasteiger partial charge in [0.1, 0.15) is 0 Å². The Morgan fingerprint density at radius 1 is 1.09 bits per heavy atom. The van der Waals surface area contributed by atoms with E-state index in [0.29, 0.717) is 0 Å². The Balaban J connectivity index is 3.10. The van der Waals surface area contributed by atoms with Crippen LogP contribution in [0.5, 0.6) is 11.5 Å². The zero-order valence-corrected chi connectivity index (χ0v) is 15.5. The van der Waals surface area contributed by atoms with E-state index < -0.39 is 6.16 Å². The van der Waals surface area contributed by atoms with Gasteiger partial charge < -0.3 is 14.9 Å². The monoisotopic (exact) mass is 420 g/mol. The molecule has 0 fully saturated rings. The third-order valence-electron chi connectivity index (χ3n) is 3.69. The maximum absolute atomic E-state index is 10.8. The molecule has 124 valence electrons. The molecule has 5 heteroatoms. The first-order valence-corrected chi connectivity index (χ1v) is 9.03. The van der Waals surface area contributed by atoms with E-state index >= 15 is 0 Å². The third kappa shape index (κ3) is 5.66. The quantitative estimate of drug-likeness (QED) is 0.239. The van der Waals surface area contributed by atoms with Gasteiger partial charge in [-0.2, -0.15) is 0 Å². The van der Waals surface area contributed by atoms with Gasteiger partial charge in [-0.1, -0.05) is 39.5 Å². The molecule has 0 atom stereocenters. The Hall–Kier alpha value is -0.980. The number of hydrogen-bond donors (Lipinski definition) is 2. The van der Waals surface area contributed by atoms with Gasteiger partial charge in [0.2, 0.25) is 0 Å². The highest BCUT2D eigenvalue weighted by atomic mass is 127. The van der Waals surface area contributed by atoms with Crippen LogP contribution >= 0.6 is 22.6 Å². The normalized spacial score (nSPS) is 10.7. The van der Waals surface area contributed by atoms with Crippen molar-refractivity contribution < 1.29 is 19.7 Å². The van der Waals surface area contributed by atoms with Crippen LogP contribution in [-0.4, -0.2) is 16.4 Å². The molecule has 0 amide bonds. The van der Waals surface area contributed by atoms with Crippen molar-refractivity contribution in [2.45, 2.75) is 65.2 Å². The van der Waals surface area contributed by atoms with Gasteiger partial charge in [0.05, 0.1) is 0 Å². The molecule has 1 aromatic rings. The first-order valence-electron chi connectivity index (χ1n) is 7.95. The molecule has 1 aromatic carbocycles. The molecule has 0 aromatic heterocycles. The minimum Gasteiger partial charge on any atom is -0.504 e. The lowest BCUT2D eigenvalue weighted by Gasteiger charge is -2.16. The second kappa shape index (κ2) is 9.92. The number of ether oxygens (including phenoxy) is 1. The smallest absolute Gasteiger partial charge is 0.504 e. The van der Waals surface area contributed by atoms with Crippen LogP contribution in [0.2, 0.25) is 0 Å². The maximum atomic E-state index is 10.8. The van der Waals surface area contributed by atoms with Crippen LogP contribution in [-0.2, 0) is 12.8 Å². The van der Waals surface area contributed by atoms with Crippen LogP contribution in [0, 0.1) is 3.57 Å². The SMILES string of the molecule is CCCCCc1c(I)cc(OC(=O)O)c(O)c1CCCCC. The zero-order valence-electron chi connectivity index (χ0n) is 13.3. The van der Waals surface area contributed by atoms with Crippen LogP contribution in [0.15, 0.2) is 6.07 Å². The average molecular weight is 420 g/mol. The predicted molar refractivity (Wildman–Crippen MR) is 95.9 cm³/mol. The number of hydrogen-bond acceptors (Lipinski definition) is 3. The Bertz CT molecular complexity index is 500. The molecule has 0 aliphatic rings. The molecule has 4 nitrogen and oxygen atoms in total. The van der Waals surface area contributed by atoms with Crippen LogP contribution in [0.1, 0.15) is 63.5 Å². The van der Waals surface area contributed by atoms with Crippen molar-refractivity contribution in [2.24, 2.45) is 0 Å². The number of rotatable bonds is 9. The molecule has 2 N–H and O–H groups in total. The zero-order chi connectivity index (χ0) is 16.5. The fourth-order valence-corrected chi connectivity index (χ4v) is 3.40. The summed E-state index contributed by atoms with van der Waals surface area (Å²) in [6.45, 7) is 4.30. The van der Waals surface area contributed by atoms with E-state index in [1.54, 1.807) is 6.07 Å². The Morgan fingerprint density at radius 2 is 1.64 bits per heavy atom. The van der Waals surface area contributed by atoms with E-state index in [0.717, 1.165) is 66.1 Å². The molecule has 0 aliphatic heterocycles. The molecule has 0 saturated heterocycles. The number of halogens is 1. The van der Waals surface area contributed by atoms with Crippen molar-refractivity contribution in [3.63, 3.8) is 0 Å². The second-order valence-electron chi connectivity index (χ2n) is 5.44. The summed E-state index contributed by atoms with van der Waals surface area (Å²) in [7, 11) is 0. The van der Waals surface area contributed by atoms with Gasteiger partial charge in [0.15, 0.2) is 11.5 Å². The highest BCUT2D eigenvalue weighted by Crippen LogP contribution is 2.37. The maximum Gasteiger partial charge on any atom is 0.511 e. The fourth-order valence-electron chi connectivity index (χ4n) is 2.52. The fraction of sp³-hybridized carbons (Fsp3) is 0.588. The van der Waals surface area contributed by atoms with E-state index in [1.165, 1.54) is 0 Å². The molecule has 1 rings (SSSR count). The number of unbranched alkanes of at least 4 members (excludes halogenated alkanes) is 4. The largest absolute Gasteiger partial charge is 0.511 e. The van der Waals surface area contributed by atoms with Crippen molar-refractivity contribution in [1.82, 2.24) is 0 Å². The number of carboxylic acid groups (broad SMARTS) is 1. The third-order valence-corrected chi connectivity index (χ3v) is 4.65. The molecule has 0 spiro atoms. The lowest BCUT2D eigenvalue weighted by molar-refractivity contribution is 0.142. The van der Waals surface area contributed by atoms with Crippen LogP contribution in [0.25, 0.3) is 0 Å². The molecule has 0 bridgehead atoms. The lowest BCUT2D eigenvalue weighted by atomic mass is 9.95. The molecule has 0 saturated carbocycles. The van der Waals surface area contributed by atoms with Crippen molar-refractivity contribution in [3.05, 3.63) is 20.8 Å². The lowest BCUT2D eigenvalue weighted by Crippen LogP contribution is -2.07.